The molecule has 0 fully saturated rings. The maximum atomic E-state index is 13.3. The molecule has 174 valence electrons. The third-order valence-electron chi connectivity index (χ3n) is 4.59. The van der Waals surface area contributed by atoms with Crippen molar-refractivity contribution in [3.05, 3.63) is 62.2 Å². The Morgan fingerprint density at radius 3 is 2.15 bits per heavy atom. The number of hydrogen-bond acceptors (Lipinski definition) is 10. The predicted molar refractivity (Wildman–Crippen MR) is 123 cm³/mol. The molecule has 1 amide bonds. The second-order valence-corrected chi connectivity index (χ2v) is 10.4. The molecule has 33 heavy (non-hydrogen) atoms. The monoisotopic (exact) mass is 493 g/mol. The molecule has 1 heterocycles. The molecule has 2 aromatic carbocycles. The Balaban J connectivity index is 2.11. The van der Waals surface area contributed by atoms with Crippen molar-refractivity contribution in [2.75, 3.05) is 38.3 Å². The lowest BCUT2D eigenvalue weighted by molar-refractivity contribution is -0.394. The van der Waals surface area contributed by atoms with Crippen LogP contribution in [0.15, 0.2) is 41.3 Å². The fourth-order valence-electron chi connectivity index (χ4n) is 2.91. The van der Waals surface area contributed by atoms with Crippen LogP contribution in [0.2, 0.25) is 0 Å². The van der Waals surface area contributed by atoms with E-state index in [9.17, 15) is 33.4 Å². The molecular weight excluding hydrogens is 474 g/mol. The van der Waals surface area contributed by atoms with Gasteiger partial charge in [-0.05, 0) is 32.3 Å². The number of nitro groups is 2. The standard InChI is InChI=1S/C19H19N5O7S2/c1-21(2)6-7-22(18(25)12-8-13(23(26)27)10-14(9-12)24(28)29)19-20-16-5-4-15(33(3,30)31)11-17(16)32-19/h4-5,8-11H,6-7H2,1-3H3. The van der Waals surface area contributed by atoms with Gasteiger partial charge in [0.15, 0.2) is 15.0 Å². The molecule has 0 unspecified atom stereocenters. The van der Waals surface area contributed by atoms with Gasteiger partial charge in [-0.2, -0.15) is 0 Å². The van der Waals surface area contributed by atoms with E-state index in [1.807, 2.05) is 4.90 Å². The Morgan fingerprint density at radius 2 is 1.64 bits per heavy atom. The maximum absolute atomic E-state index is 13.3. The lowest BCUT2D eigenvalue weighted by Gasteiger charge is -2.22. The summed E-state index contributed by atoms with van der Waals surface area (Å²) in [6.45, 7) is 0.550. The number of aromatic nitrogens is 1. The SMILES string of the molecule is CN(C)CCN(C(=O)c1cc([N+](=O)[O-])cc([N+](=O)[O-])c1)c1nc2ccc(S(C)(=O)=O)cc2s1. The lowest BCUT2D eigenvalue weighted by atomic mass is 10.1. The largest absolute Gasteiger partial charge is 0.308 e. The van der Waals surface area contributed by atoms with Crippen LogP contribution in [0.1, 0.15) is 10.4 Å². The van der Waals surface area contributed by atoms with E-state index in [0.29, 0.717) is 16.8 Å². The summed E-state index contributed by atoms with van der Waals surface area (Å²) in [6, 6.07) is 7.14. The summed E-state index contributed by atoms with van der Waals surface area (Å²) >= 11 is 1.07. The molecule has 0 bridgehead atoms. The van der Waals surface area contributed by atoms with Gasteiger partial charge in [-0.3, -0.25) is 29.9 Å². The van der Waals surface area contributed by atoms with E-state index in [0.717, 1.165) is 35.8 Å². The highest BCUT2D eigenvalue weighted by Crippen LogP contribution is 2.32. The van der Waals surface area contributed by atoms with Gasteiger partial charge in [0.2, 0.25) is 0 Å². The maximum Gasteiger partial charge on any atom is 0.277 e. The van der Waals surface area contributed by atoms with Crippen LogP contribution in [0.25, 0.3) is 10.2 Å². The van der Waals surface area contributed by atoms with Gasteiger partial charge in [0.25, 0.3) is 17.3 Å². The summed E-state index contributed by atoms with van der Waals surface area (Å²) in [6.07, 6.45) is 1.08. The first-order valence-electron chi connectivity index (χ1n) is 9.38. The highest BCUT2D eigenvalue weighted by Gasteiger charge is 2.26. The summed E-state index contributed by atoms with van der Waals surface area (Å²) in [5.41, 5.74) is -0.926. The third-order valence-corrected chi connectivity index (χ3v) is 6.75. The number of non-ortho nitro benzene ring substituents is 2. The molecule has 0 spiro atoms. The van der Waals surface area contributed by atoms with Gasteiger partial charge in [-0.1, -0.05) is 11.3 Å². The van der Waals surface area contributed by atoms with Crippen molar-refractivity contribution in [2.24, 2.45) is 0 Å². The number of nitrogens with zero attached hydrogens (tertiary/aromatic N) is 5. The summed E-state index contributed by atoms with van der Waals surface area (Å²) in [5, 5.41) is 22.7. The van der Waals surface area contributed by atoms with Crippen LogP contribution < -0.4 is 4.90 Å². The highest BCUT2D eigenvalue weighted by atomic mass is 32.2. The fourth-order valence-corrected chi connectivity index (χ4v) is 4.66. The first kappa shape index (κ1) is 24.2. The summed E-state index contributed by atoms with van der Waals surface area (Å²) in [5.74, 6) is -0.703. The van der Waals surface area contributed by atoms with Gasteiger partial charge in [0.05, 0.1) is 36.6 Å². The van der Waals surface area contributed by atoms with Crippen LogP contribution in [-0.4, -0.2) is 67.5 Å². The predicted octanol–water partition coefficient (Wildman–Crippen LogP) is 2.72. The lowest BCUT2D eigenvalue weighted by Crippen LogP contribution is -2.36. The van der Waals surface area contributed by atoms with Gasteiger partial charge in [-0.25, -0.2) is 13.4 Å². The molecule has 1 aromatic heterocycles. The number of nitro benzene ring substituents is 2. The van der Waals surface area contributed by atoms with Crippen LogP contribution in [0.5, 0.6) is 0 Å². The van der Waals surface area contributed by atoms with Crippen molar-refractivity contribution in [1.82, 2.24) is 9.88 Å². The van der Waals surface area contributed by atoms with Crippen LogP contribution in [0.3, 0.4) is 0 Å². The molecule has 3 aromatic rings. The number of thiazole rings is 1. The van der Waals surface area contributed by atoms with Crippen molar-refractivity contribution in [2.45, 2.75) is 4.90 Å². The average molecular weight is 494 g/mol. The quantitative estimate of drug-likeness (QED) is 0.340. The molecular formula is C19H19N5O7S2. The van der Waals surface area contributed by atoms with Crippen molar-refractivity contribution in [1.29, 1.82) is 0 Å². The van der Waals surface area contributed by atoms with Gasteiger partial charge in [0, 0.05) is 31.5 Å². The van der Waals surface area contributed by atoms with E-state index < -0.39 is 37.0 Å². The Labute approximate surface area is 192 Å². The summed E-state index contributed by atoms with van der Waals surface area (Å²) in [7, 11) is 0.131. The Hall–Kier alpha value is -3.49. The molecule has 0 radical (unpaired) electrons. The molecule has 0 saturated heterocycles. The number of fused-ring (bicyclic) bond motifs is 1. The fraction of sp³-hybridized carbons (Fsp3) is 0.263. The Bertz CT molecular complexity index is 1340. The van der Waals surface area contributed by atoms with E-state index >= 15 is 0 Å². The van der Waals surface area contributed by atoms with Crippen LogP contribution >= 0.6 is 11.3 Å². The zero-order chi connectivity index (χ0) is 24.5. The van der Waals surface area contributed by atoms with Crippen molar-refractivity contribution < 1.29 is 23.1 Å². The second kappa shape index (κ2) is 9.17. The number of benzene rings is 2. The van der Waals surface area contributed by atoms with Gasteiger partial charge >= 0.3 is 0 Å². The molecule has 12 nitrogen and oxygen atoms in total. The van der Waals surface area contributed by atoms with Crippen LogP contribution in [-0.2, 0) is 9.84 Å². The molecule has 0 aliphatic carbocycles. The van der Waals surface area contributed by atoms with Crippen molar-refractivity contribution >= 4 is 53.8 Å². The topological polar surface area (TPSA) is 157 Å². The number of carbonyl (C=O) groups is 1. The third kappa shape index (κ3) is 5.47. The minimum atomic E-state index is -3.45. The first-order valence-corrected chi connectivity index (χ1v) is 12.1. The molecule has 3 rings (SSSR count). The normalized spacial score (nSPS) is 11.6. The van der Waals surface area contributed by atoms with Gasteiger partial charge < -0.3 is 4.90 Å². The van der Waals surface area contributed by atoms with E-state index in [4.69, 9.17) is 0 Å². The minimum Gasteiger partial charge on any atom is -0.308 e. The van der Waals surface area contributed by atoms with E-state index in [2.05, 4.69) is 4.98 Å². The molecule has 0 aliphatic rings. The molecule has 0 aliphatic heterocycles. The number of sulfone groups is 1. The van der Waals surface area contributed by atoms with Crippen LogP contribution in [0, 0.1) is 20.2 Å². The molecule has 0 N–H and O–H groups in total. The number of rotatable bonds is 8. The highest BCUT2D eigenvalue weighted by molar-refractivity contribution is 7.90. The van der Waals surface area contributed by atoms with Gasteiger partial charge in [-0.15, -0.1) is 0 Å². The summed E-state index contributed by atoms with van der Waals surface area (Å²) in [4.78, 5) is 41.8. The van der Waals surface area contributed by atoms with E-state index in [1.165, 1.54) is 23.1 Å². The zero-order valence-electron chi connectivity index (χ0n) is 17.8. The molecule has 0 saturated carbocycles. The average Bonchev–Trinajstić information content (AvgIpc) is 3.15. The Kier molecular flexibility index (Phi) is 6.71. The number of anilines is 1. The van der Waals surface area contributed by atoms with E-state index in [-0.39, 0.29) is 22.1 Å². The number of amides is 1. The Morgan fingerprint density at radius 1 is 1.03 bits per heavy atom. The van der Waals surface area contributed by atoms with E-state index in [1.54, 1.807) is 14.1 Å². The second-order valence-electron chi connectivity index (χ2n) is 7.41. The smallest absolute Gasteiger partial charge is 0.277 e. The number of likely N-dealkylation sites (N-methyl/N-ethyl adjacent to an activating group) is 1. The number of hydrogen-bond donors (Lipinski definition) is 0. The zero-order valence-corrected chi connectivity index (χ0v) is 19.4. The van der Waals surface area contributed by atoms with Crippen LogP contribution in [0.4, 0.5) is 16.5 Å². The van der Waals surface area contributed by atoms with Crippen molar-refractivity contribution in [3.63, 3.8) is 0 Å². The minimum absolute atomic E-state index is 0.102. The molecule has 14 heteroatoms. The first-order chi connectivity index (χ1) is 15.4. The van der Waals surface area contributed by atoms with Crippen molar-refractivity contribution in [3.8, 4) is 0 Å². The number of carbonyl (C=O) groups excluding carboxylic acids is 1. The molecule has 0 atom stereocenters. The van der Waals surface area contributed by atoms with Gasteiger partial charge in [0.1, 0.15) is 0 Å². The summed E-state index contributed by atoms with van der Waals surface area (Å²) < 4.78 is 24.3.